The van der Waals surface area contributed by atoms with Crippen LogP contribution in [0, 0.1) is 0 Å². The van der Waals surface area contributed by atoms with Crippen molar-refractivity contribution in [1.82, 2.24) is 14.8 Å². The first-order valence-electron chi connectivity index (χ1n) is 9.17. The predicted octanol–water partition coefficient (Wildman–Crippen LogP) is 3.85. The molecule has 0 unspecified atom stereocenters. The molecule has 0 bridgehead atoms. The molecule has 2 aliphatic rings. The molecule has 0 aromatic carbocycles. The SMILES string of the molecule is CC(C)(C)OC(=O)N1CCC(N(C(=O)c2ccc(Br)nc2)C2CC2)CC1. The van der Waals surface area contributed by atoms with Crippen molar-refractivity contribution in [3.63, 3.8) is 0 Å². The summed E-state index contributed by atoms with van der Waals surface area (Å²) in [5.41, 5.74) is 0.132. The molecular weight excluding hydrogens is 398 g/mol. The maximum atomic E-state index is 13.0. The minimum atomic E-state index is -0.488. The Bertz CT molecular complexity index is 660. The first-order valence-corrected chi connectivity index (χ1v) is 9.96. The Labute approximate surface area is 163 Å². The molecule has 1 aromatic rings. The van der Waals surface area contributed by atoms with Crippen LogP contribution in [0.25, 0.3) is 0 Å². The molecule has 0 radical (unpaired) electrons. The van der Waals surface area contributed by atoms with Gasteiger partial charge in [0.2, 0.25) is 0 Å². The standard InChI is InChI=1S/C19H26BrN3O3/c1-19(2,3)26-18(25)22-10-8-15(9-11-22)23(14-5-6-14)17(24)13-4-7-16(20)21-12-13/h4,7,12,14-15H,5-6,8-11H2,1-3H3. The predicted molar refractivity (Wildman–Crippen MR) is 102 cm³/mol. The normalized spacial score (nSPS) is 18.5. The summed E-state index contributed by atoms with van der Waals surface area (Å²) in [5.74, 6) is 0.0446. The molecule has 142 valence electrons. The van der Waals surface area contributed by atoms with E-state index in [1.807, 2.05) is 31.7 Å². The van der Waals surface area contributed by atoms with Crippen molar-refractivity contribution in [2.24, 2.45) is 0 Å². The van der Waals surface area contributed by atoms with Crippen LogP contribution in [-0.4, -0.2) is 57.6 Å². The van der Waals surface area contributed by atoms with Crippen LogP contribution >= 0.6 is 15.9 Å². The monoisotopic (exact) mass is 423 g/mol. The summed E-state index contributed by atoms with van der Waals surface area (Å²) in [4.78, 5) is 33.2. The van der Waals surface area contributed by atoms with E-state index in [9.17, 15) is 9.59 Å². The molecule has 2 amide bonds. The summed E-state index contributed by atoms with van der Waals surface area (Å²) >= 11 is 3.30. The van der Waals surface area contributed by atoms with Gasteiger partial charge in [0.25, 0.3) is 5.91 Å². The van der Waals surface area contributed by atoms with Crippen LogP contribution in [-0.2, 0) is 4.74 Å². The third-order valence-corrected chi connectivity index (χ3v) is 5.13. The molecular formula is C19H26BrN3O3. The molecule has 7 heteroatoms. The quantitative estimate of drug-likeness (QED) is 0.692. The maximum Gasteiger partial charge on any atom is 0.410 e. The second-order valence-corrected chi connectivity index (χ2v) is 8.82. The number of halogens is 1. The van der Waals surface area contributed by atoms with Crippen molar-refractivity contribution in [3.05, 3.63) is 28.5 Å². The van der Waals surface area contributed by atoms with Crippen molar-refractivity contribution < 1.29 is 14.3 Å². The zero-order valence-corrected chi connectivity index (χ0v) is 17.2. The lowest BCUT2D eigenvalue weighted by atomic mass is 10.0. The first kappa shape index (κ1) is 19.1. The number of hydrogen-bond acceptors (Lipinski definition) is 4. The fourth-order valence-electron chi connectivity index (χ4n) is 3.29. The third kappa shape index (κ3) is 4.75. The van der Waals surface area contributed by atoms with Gasteiger partial charge >= 0.3 is 6.09 Å². The lowest BCUT2D eigenvalue weighted by Gasteiger charge is -2.39. The highest BCUT2D eigenvalue weighted by molar-refractivity contribution is 9.10. The lowest BCUT2D eigenvalue weighted by Crippen LogP contribution is -2.50. The molecule has 1 aliphatic heterocycles. The van der Waals surface area contributed by atoms with Crippen molar-refractivity contribution in [2.75, 3.05) is 13.1 Å². The van der Waals surface area contributed by atoms with E-state index in [2.05, 4.69) is 20.9 Å². The molecule has 2 fully saturated rings. The van der Waals surface area contributed by atoms with E-state index in [1.54, 1.807) is 17.2 Å². The molecule has 0 spiro atoms. The number of aromatic nitrogens is 1. The van der Waals surface area contributed by atoms with Gasteiger partial charge in [-0.05, 0) is 74.5 Å². The zero-order valence-electron chi connectivity index (χ0n) is 15.6. The Morgan fingerprint density at radius 1 is 1.15 bits per heavy atom. The molecule has 1 aliphatic carbocycles. The van der Waals surface area contributed by atoms with Crippen LogP contribution in [0.2, 0.25) is 0 Å². The largest absolute Gasteiger partial charge is 0.444 e. The Kier molecular flexibility index (Phi) is 5.55. The van der Waals surface area contributed by atoms with E-state index >= 15 is 0 Å². The minimum Gasteiger partial charge on any atom is -0.444 e. The molecule has 26 heavy (non-hydrogen) atoms. The maximum absolute atomic E-state index is 13.0. The third-order valence-electron chi connectivity index (χ3n) is 4.66. The highest BCUT2D eigenvalue weighted by Crippen LogP contribution is 2.33. The van der Waals surface area contributed by atoms with Gasteiger partial charge in [-0.25, -0.2) is 9.78 Å². The van der Waals surface area contributed by atoms with Gasteiger partial charge in [0.15, 0.2) is 0 Å². The first-order chi connectivity index (χ1) is 12.2. The molecule has 3 rings (SSSR count). The number of carbonyl (C=O) groups is 2. The average Bonchev–Trinajstić information content (AvgIpc) is 3.39. The number of piperidine rings is 1. The van der Waals surface area contributed by atoms with E-state index in [4.69, 9.17) is 4.74 Å². The van der Waals surface area contributed by atoms with Crippen LogP contribution in [0.4, 0.5) is 4.79 Å². The van der Waals surface area contributed by atoms with E-state index in [1.165, 1.54) is 0 Å². The summed E-state index contributed by atoms with van der Waals surface area (Å²) in [7, 11) is 0. The molecule has 1 saturated heterocycles. The van der Waals surface area contributed by atoms with Crippen molar-refractivity contribution in [2.45, 2.75) is 64.1 Å². The van der Waals surface area contributed by atoms with E-state index < -0.39 is 5.60 Å². The number of nitrogens with zero attached hydrogens (tertiary/aromatic N) is 3. The molecule has 0 N–H and O–H groups in total. The second-order valence-electron chi connectivity index (χ2n) is 8.01. The highest BCUT2D eigenvalue weighted by atomic mass is 79.9. The molecule has 0 atom stereocenters. The van der Waals surface area contributed by atoms with Gasteiger partial charge in [0.1, 0.15) is 10.2 Å². The van der Waals surface area contributed by atoms with Gasteiger partial charge in [-0.1, -0.05) is 0 Å². The molecule has 2 heterocycles. The Morgan fingerprint density at radius 3 is 2.27 bits per heavy atom. The summed E-state index contributed by atoms with van der Waals surface area (Å²) < 4.78 is 6.17. The van der Waals surface area contributed by atoms with Gasteiger partial charge < -0.3 is 14.5 Å². The molecule has 1 saturated carbocycles. The number of likely N-dealkylation sites (tertiary alicyclic amines) is 1. The smallest absolute Gasteiger partial charge is 0.410 e. The molecule has 6 nitrogen and oxygen atoms in total. The summed E-state index contributed by atoms with van der Waals surface area (Å²) in [5, 5.41) is 0. The van der Waals surface area contributed by atoms with Gasteiger partial charge in [0.05, 0.1) is 5.56 Å². The van der Waals surface area contributed by atoms with Gasteiger partial charge in [-0.15, -0.1) is 0 Å². The van der Waals surface area contributed by atoms with E-state index in [0.29, 0.717) is 24.7 Å². The van der Waals surface area contributed by atoms with Gasteiger partial charge in [-0.3, -0.25) is 4.79 Å². The van der Waals surface area contributed by atoms with E-state index in [-0.39, 0.29) is 18.0 Å². The van der Waals surface area contributed by atoms with Crippen LogP contribution in [0.3, 0.4) is 0 Å². The number of hydrogen-bond donors (Lipinski definition) is 0. The van der Waals surface area contributed by atoms with E-state index in [0.717, 1.165) is 30.3 Å². The average molecular weight is 424 g/mol. The van der Waals surface area contributed by atoms with Crippen LogP contribution < -0.4 is 0 Å². The topological polar surface area (TPSA) is 62.7 Å². The van der Waals surface area contributed by atoms with Crippen molar-refractivity contribution in [3.8, 4) is 0 Å². The van der Waals surface area contributed by atoms with Crippen LogP contribution in [0.15, 0.2) is 22.9 Å². The molecule has 1 aromatic heterocycles. The Hall–Kier alpha value is -1.63. The Morgan fingerprint density at radius 2 is 1.77 bits per heavy atom. The number of amides is 2. The zero-order chi connectivity index (χ0) is 18.9. The van der Waals surface area contributed by atoms with Gasteiger partial charge in [0, 0.05) is 31.4 Å². The number of carbonyl (C=O) groups excluding carboxylic acids is 2. The second kappa shape index (κ2) is 7.55. The van der Waals surface area contributed by atoms with Crippen molar-refractivity contribution >= 4 is 27.9 Å². The fraction of sp³-hybridized carbons (Fsp3) is 0.632. The minimum absolute atomic E-state index is 0.0446. The van der Waals surface area contributed by atoms with Gasteiger partial charge in [-0.2, -0.15) is 0 Å². The lowest BCUT2D eigenvalue weighted by molar-refractivity contribution is 0.0142. The van der Waals surface area contributed by atoms with Crippen molar-refractivity contribution in [1.29, 1.82) is 0 Å². The summed E-state index contributed by atoms with van der Waals surface area (Å²) in [6.45, 7) is 6.86. The fourth-order valence-corrected chi connectivity index (χ4v) is 3.52. The van der Waals surface area contributed by atoms with Crippen LogP contribution in [0.5, 0.6) is 0 Å². The summed E-state index contributed by atoms with van der Waals surface area (Å²) in [6.07, 6.45) is 5.04. The summed E-state index contributed by atoms with van der Waals surface area (Å²) in [6, 6.07) is 4.09. The number of rotatable bonds is 3. The number of ether oxygens (including phenoxy) is 1. The van der Waals surface area contributed by atoms with Crippen LogP contribution in [0.1, 0.15) is 56.8 Å². The number of pyridine rings is 1. The highest BCUT2D eigenvalue weighted by Gasteiger charge is 2.39. The Balaban J connectivity index is 1.63.